The fraction of sp³-hybridized carbons (Fsp3) is 0.462. The summed E-state index contributed by atoms with van der Waals surface area (Å²) < 4.78 is 23.6. The molecule has 2 saturated heterocycles. The van der Waals surface area contributed by atoms with Crippen molar-refractivity contribution in [3.05, 3.63) is 71.8 Å². The number of rotatable bonds is 6. The van der Waals surface area contributed by atoms with Gasteiger partial charge in [-0.25, -0.2) is 0 Å². The Morgan fingerprint density at radius 3 is 2.09 bits per heavy atom. The minimum Gasteiger partial charge on any atom is -0.352 e. The Kier molecular flexibility index (Phi) is 8.65. The molecule has 2 N–H and O–H groups in total. The summed E-state index contributed by atoms with van der Waals surface area (Å²) in [5, 5.41) is 6.02. The average Bonchev–Trinajstić information content (AvgIpc) is 2.85. The first-order chi connectivity index (χ1) is 16.6. The lowest BCUT2D eigenvalue weighted by molar-refractivity contribution is -0.257. The molecule has 0 saturated carbocycles. The highest BCUT2D eigenvalue weighted by Gasteiger charge is 2.32. The van der Waals surface area contributed by atoms with Crippen LogP contribution in [0, 0.1) is 0 Å². The van der Waals surface area contributed by atoms with Gasteiger partial charge in [-0.1, -0.05) is 36.4 Å². The van der Waals surface area contributed by atoms with E-state index in [1.165, 1.54) is 0 Å². The van der Waals surface area contributed by atoms with Gasteiger partial charge in [0.1, 0.15) is 0 Å². The maximum absolute atomic E-state index is 12.5. The maximum Gasteiger partial charge on any atom is 0.251 e. The quantitative estimate of drug-likeness (QED) is 0.677. The minimum atomic E-state index is -0.498. The molecule has 0 aliphatic carbocycles. The average molecular weight is 469 g/mol. The maximum atomic E-state index is 12.5. The third-order valence-corrected chi connectivity index (χ3v) is 5.99. The van der Waals surface area contributed by atoms with Crippen LogP contribution in [0.3, 0.4) is 0 Å². The molecule has 182 valence electrons. The van der Waals surface area contributed by atoms with E-state index in [0.29, 0.717) is 37.4 Å². The van der Waals surface area contributed by atoms with Crippen LogP contribution in [0.1, 0.15) is 46.9 Å². The Bertz CT molecular complexity index is 925. The number of carbonyl (C=O) groups excluding carboxylic acids is 2. The van der Waals surface area contributed by atoms with Crippen LogP contribution in [-0.4, -0.2) is 62.4 Å². The first-order valence-corrected chi connectivity index (χ1v) is 11.8. The van der Waals surface area contributed by atoms with E-state index in [1.807, 2.05) is 43.3 Å². The molecule has 8 nitrogen and oxygen atoms in total. The van der Waals surface area contributed by atoms with E-state index in [0.717, 1.165) is 12.8 Å². The molecule has 4 rings (SSSR count). The molecule has 0 spiro atoms. The summed E-state index contributed by atoms with van der Waals surface area (Å²) in [6, 6.07) is 17.9. The zero-order valence-electron chi connectivity index (χ0n) is 19.4. The Balaban J connectivity index is 1.23. The van der Waals surface area contributed by atoms with Crippen LogP contribution in [0.4, 0.5) is 0 Å². The number of nitrogens with one attached hydrogen (secondary N) is 2. The van der Waals surface area contributed by atoms with Crippen LogP contribution in [0.5, 0.6) is 0 Å². The van der Waals surface area contributed by atoms with E-state index < -0.39 is 12.6 Å². The summed E-state index contributed by atoms with van der Waals surface area (Å²) in [5.74, 6) is -0.262. The molecule has 0 radical (unpaired) electrons. The van der Waals surface area contributed by atoms with Crippen molar-refractivity contribution in [2.24, 2.45) is 0 Å². The summed E-state index contributed by atoms with van der Waals surface area (Å²) in [7, 11) is 0. The summed E-state index contributed by atoms with van der Waals surface area (Å²) >= 11 is 0. The smallest absolute Gasteiger partial charge is 0.251 e. The van der Waals surface area contributed by atoms with Gasteiger partial charge in [0.2, 0.25) is 0 Å². The molecule has 0 unspecified atom stereocenters. The van der Waals surface area contributed by atoms with Crippen molar-refractivity contribution in [3.8, 4) is 0 Å². The zero-order chi connectivity index (χ0) is 23.8. The molecule has 2 aromatic carbocycles. The zero-order valence-corrected chi connectivity index (χ0v) is 19.4. The van der Waals surface area contributed by atoms with Gasteiger partial charge in [-0.15, -0.1) is 0 Å². The minimum absolute atomic E-state index is 0.0937. The monoisotopic (exact) mass is 468 g/mol. The summed E-state index contributed by atoms with van der Waals surface area (Å²) in [6.45, 7) is 3.13. The molecule has 5 atom stereocenters. The van der Waals surface area contributed by atoms with Crippen LogP contribution in [0.25, 0.3) is 0 Å². The lowest BCUT2D eigenvalue weighted by atomic mass is 10.1. The number of hydrogen-bond acceptors (Lipinski definition) is 6. The summed E-state index contributed by atoms with van der Waals surface area (Å²) in [4.78, 5) is 24.9. The van der Waals surface area contributed by atoms with Crippen LogP contribution >= 0.6 is 0 Å². The normalized spacial score (nSPS) is 27.7. The van der Waals surface area contributed by atoms with Crippen molar-refractivity contribution < 1.29 is 28.5 Å². The second-order valence-corrected chi connectivity index (χ2v) is 8.60. The highest BCUT2D eigenvalue weighted by Crippen LogP contribution is 2.20. The number of carbonyl (C=O) groups is 2. The van der Waals surface area contributed by atoms with Gasteiger partial charge >= 0.3 is 0 Å². The van der Waals surface area contributed by atoms with Crippen LogP contribution in [-0.2, 0) is 18.9 Å². The van der Waals surface area contributed by atoms with Crippen molar-refractivity contribution in [2.45, 2.75) is 57.0 Å². The number of ether oxygens (including phenoxy) is 4. The van der Waals surface area contributed by atoms with Gasteiger partial charge < -0.3 is 29.6 Å². The first kappa shape index (κ1) is 24.3. The highest BCUT2D eigenvalue weighted by atomic mass is 16.7. The van der Waals surface area contributed by atoms with E-state index in [9.17, 15) is 9.59 Å². The van der Waals surface area contributed by atoms with Crippen LogP contribution in [0.15, 0.2) is 60.7 Å². The lowest BCUT2D eigenvalue weighted by Gasteiger charge is -2.36. The molecular weight excluding hydrogens is 436 g/mol. The Morgan fingerprint density at radius 1 is 0.824 bits per heavy atom. The van der Waals surface area contributed by atoms with E-state index >= 15 is 0 Å². The largest absolute Gasteiger partial charge is 0.352 e. The molecule has 2 aromatic rings. The molecule has 2 aliphatic heterocycles. The molecule has 2 aliphatic rings. The van der Waals surface area contributed by atoms with E-state index in [4.69, 9.17) is 18.9 Å². The second-order valence-electron chi connectivity index (χ2n) is 8.60. The third kappa shape index (κ3) is 6.87. The predicted octanol–water partition coefficient (Wildman–Crippen LogP) is 2.89. The van der Waals surface area contributed by atoms with E-state index in [2.05, 4.69) is 10.6 Å². The summed E-state index contributed by atoms with van der Waals surface area (Å²) in [5.41, 5.74) is 1.23. The second kappa shape index (κ2) is 12.1. The Morgan fingerprint density at radius 2 is 1.44 bits per heavy atom. The number of amides is 2. The first-order valence-electron chi connectivity index (χ1n) is 11.8. The van der Waals surface area contributed by atoms with Crippen molar-refractivity contribution in [3.63, 3.8) is 0 Å². The van der Waals surface area contributed by atoms with Gasteiger partial charge in [-0.05, 0) is 44.0 Å². The van der Waals surface area contributed by atoms with Gasteiger partial charge in [0.05, 0.1) is 31.4 Å². The fourth-order valence-corrected chi connectivity index (χ4v) is 4.01. The predicted molar refractivity (Wildman–Crippen MR) is 125 cm³/mol. The standard InChI is InChI=1S/C26H32N2O6/c1-18-22(28-26(30)20-11-6-3-7-12-20)17-33-24(34-18)15-23-31-14-8-13-21(16-32-23)27-25(29)19-9-4-2-5-10-19/h2-7,9-12,18,21-24H,8,13-17H2,1H3,(H,27,29)(H,28,30)/t18-,21-,22-,23+,24+/m1/s1. The molecule has 8 heteroatoms. The molecule has 34 heavy (non-hydrogen) atoms. The fourth-order valence-electron chi connectivity index (χ4n) is 4.01. The van der Waals surface area contributed by atoms with E-state index in [-0.39, 0.29) is 30.0 Å². The van der Waals surface area contributed by atoms with E-state index in [1.54, 1.807) is 24.3 Å². The molecule has 2 amide bonds. The van der Waals surface area contributed by atoms with Crippen LogP contribution < -0.4 is 10.6 Å². The van der Waals surface area contributed by atoms with Gasteiger partial charge in [-0.3, -0.25) is 9.59 Å². The molecule has 0 aromatic heterocycles. The van der Waals surface area contributed by atoms with Gasteiger partial charge in [0.25, 0.3) is 11.8 Å². The van der Waals surface area contributed by atoms with Gasteiger partial charge in [-0.2, -0.15) is 0 Å². The number of hydrogen-bond donors (Lipinski definition) is 2. The van der Waals surface area contributed by atoms with Crippen LogP contribution in [0.2, 0.25) is 0 Å². The Labute approximate surface area is 199 Å². The summed E-state index contributed by atoms with van der Waals surface area (Å²) in [6.07, 6.45) is 0.782. The topological polar surface area (TPSA) is 95.1 Å². The lowest BCUT2D eigenvalue weighted by Crippen LogP contribution is -2.52. The van der Waals surface area contributed by atoms with Gasteiger partial charge in [0, 0.05) is 24.2 Å². The third-order valence-electron chi connectivity index (χ3n) is 5.99. The molecular formula is C26H32N2O6. The van der Waals surface area contributed by atoms with Crippen molar-refractivity contribution in [1.82, 2.24) is 10.6 Å². The van der Waals surface area contributed by atoms with Crippen molar-refractivity contribution >= 4 is 11.8 Å². The van der Waals surface area contributed by atoms with Crippen molar-refractivity contribution in [1.29, 1.82) is 0 Å². The molecule has 2 heterocycles. The van der Waals surface area contributed by atoms with Gasteiger partial charge in [0.15, 0.2) is 12.6 Å². The SMILES string of the molecule is C[C@H]1O[C@@H](C[C@H]2OCCC[C@@H](NC(=O)c3ccccc3)CO2)OC[C@H]1NC(=O)c1ccccc1. The van der Waals surface area contributed by atoms with Crippen molar-refractivity contribution in [2.75, 3.05) is 19.8 Å². The number of benzene rings is 2. The highest BCUT2D eigenvalue weighted by molar-refractivity contribution is 5.94. The molecule has 0 bridgehead atoms. The molecule has 2 fully saturated rings. The Hall–Kier alpha value is -2.78.